The normalized spacial score (nSPS) is 20.1. The molecule has 4 nitrogen and oxygen atoms in total. The molecule has 88 valence electrons. The summed E-state index contributed by atoms with van der Waals surface area (Å²) in [4.78, 5) is 10.7. The molecular formula is C12H17NO3. The third-order valence-corrected chi connectivity index (χ3v) is 2.96. The fourth-order valence-electron chi connectivity index (χ4n) is 2.08. The maximum Gasteiger partial charge on any atom is 0.337 e. The van der Waals surface area contributed by atoms with Crippen LogP contribution < -0.4 is 0 Å². The number of carboxylic acids is 1. The predicted octanol–water partition coefficient (Wildman–Crippen LogP) is 2.15. The van der Waals surface area contributed by atoms with Crippen LogP contribution in [-0.4, -0.2) is 28.4 Å². The summed E-state index contributed by atoms with van der Waals surface area (Å²) in [6.45, 7) is 1.77. The zero-order valence-electron chi connectivity index (χ0n) is 9.26. The smallest absolute Gasteiger partial charge is 0.337 e. The van der Waals surface area contributed by atoms with E-state index in [4.69, 9.17) is 9.84 Å². The Balaban J connectivity index is 1.74. The van der Waals surface area contributed by atoms with Gasteiger partial charge in [0.05, 0.1) is 11.7 Å². The molecule has 1 saturated heterocycles. The Morgan fingerprint density at radius 2 is 2.50 bits per heavy atom. The number of hydrogen-bond acceptors (Lipinski definition) is 2. The molecule has 1 aromatic heterocycles. The molecule has 1 fully saturated rings. The number of carbonyl (C=O) groups is 1. The van der Waals surface area contributed by atoms with Crippen molar-refractivity contribution in [2.24, 2.45) is 0 Å². The van der Waals surface area contributed by atoms with Gasteiger partial charge in [0.15, 0.2) is 0 Å². The van der Waals surface area contributed by atoms with Crippen molar-refractivity contribution in [3.8, 4) is 0 Å². The fourth-order valence-corrected chi connectivity index (χ4v) is 2.08. The Bertz CT molecular complexity index is 353. The molecular weight excluding hydrogens is 206 g/mol. The molecule has 4 heteroatoms. The van der Waals surface area contributed by atoms with E-state index >= 15 is 0 Å². The van der Waals surface area contributed by atoms with Gasteiger partial charge < -0.3 is 14.4 Å². The van der Waals surface area contributed by atoms with Gasteiger partial charge in [-0.1, -0.05) is 0 Å². The van der Waals surface area contributed by atoms with Crippen LogP contribution in [0.5, 0.6) is 0 Å². The number of aryl methyl sites for hydroxylation is 1. The number of nitrogens with zero attached hydrogens (tertiary/aromatic N) is 1. The zero-order chi connectivity index (χ0) is 11.4. The molecule has 0 bridgehead atoms. The average molecular weight is 223 g/mol. The van der Waals surface area contributed by atoms with E-state index in [-0.39, 0.29) is 0 Å². The van der Waals surface area contributed by atoms with Crippen LogP contribution in [0.1, 0.15) is 36.0 Å². The second kappa shape index (κ2) is 5.16. The highest BCUT2D eigenvalue weighted by atomic mass is 16.5. The SMILES string of the molecule is O=C(O)c1ccn(CCCC2CCCO2)c1. The van der Waals surface area contributed by atoms with Crippen molar-refractivity contribution in [3.63, 3.8) is 0 Å². The molecule has 1 aromatic rings. The van der Waals surface area contributed by atoms with E-state index in [1.807, 2.05) is 10.8 Å². The second-order valence-corrected chi connectivity index (χ2v) is 4.22. The molecule has 0 radical (unpaired) electrons. The van der Waals surface area contributed by atoms with Crippen molar-refractivity contribution >= 4 is 5.97 Å². The number of aromatic nitrogens is 1. The number of rotatable bonds is 5. The molecule has 1 aliphatic heterocycles. The van der Waals surface area contributed by atoms with Gasteiger partial charge in [0.2, 0.25) is 0 Å². The molecule has 1 unspecified atom stereocenters. The van der Waals surface area contributed by atoms with Crippen LogP contribution in [0.3, 0.4) is 0 Å². The molecule has 2 rings (SSSR count). The Kier molecular flexibility index (Phi) is 3.62. The van der Waals surface area contributed by atoms with Gasteiger partial charge in [-0.25, -0.2) is 4.79 Å². The summed E-state index contributed by atoms with van der Waals surface area (Å²) >= 11 is 0. The van der Waals surface area contributed by atoms with Crippen LogP contribution in [0.4, 0.5) is 0 Å². The minimum atomic E-state index is -0.863. The number of carboxylic acid groups (broad SMARTS) is 1. The number of hydrogen-bond donors (Lipinski definition) is 1. The summed E-state index contributed by atoms with van der Waals surface area (Å²) in [6.07, 6.45) is 8.38. The number of aromatic carboxylic acids is 1. The van der Waals surface area contributed by atoms with E-state index in [2.05, 4.69) is 0 Å². The van der Waals surface area contributed by atoms with Gasteiger partial charge in [-0.3, -0.25) is 0 Å². The maximum absolute atomic E-state index is 10.7. The Morgan fingerprint density at radius 1 is 1.62 bits per heavy atom. The van der Waals surface area contributed by atoms with Crippen molar-refractivity contribution in [1.82, 2.24) is 4.57 Å². The lowest BCUT2D eigenvalue weighted by Crippen LogP contribution is -2.06. The Labute approximate surface area is 94.8 Å². The molecule has 1 N–H and O–H groups in total. The van der Waals surface area contributed by atoms with E-state index in [0.29, 0.717) is 11.7 Å². The van der Waals surface area contributed by atoms with Crippen molar-refractivity contribution < 1.29 is 14.6 Å². The summed E-state index contributed by atoms with van der Waals surface area (Å²) in [5.41, 5.74) is 0.358. The van der Waals surface area contributed by atoms with Crippen LogP contribution in [0.25, 0.3) is 0 Å². The first-order valence-electron chi connectivity index (χ1n) is 5.76. The highest BCUT2D eigenvalue weighted by Crippen LogP contribution is 2.17. The van der Waals surface area contributed by atoms with E-state index in [0.717, 1.165) is 26.0 Å². The van der Waals surface area contributed by atoms with Crippen molar-refractivity contribution in [1.29, 1.82) is 0 Å². The zero-order valence-corrected chi connectivity index (χ0v) is 9.26. The van der Waals surface area contributed by atoms with Crippen molar-refractivity contribution in [3.05, 3.63) is 24.0 Å². The van der Waals surface area contributed by atoms with Crippen LogP contribution >= 0.6 is 0 Å². The highest BCUT2D eigenvalue weighted by Gasteiger charge is 2.14. The minimum absolute atomic E-state index is 0.358. The molecule has 16 heavy (non-hydrogen) atoms. The first-order chi connectivity index (χ1) is 7.75. The fraction of sp³-hybridized carbons (Fsp3) is 0.583. The standard InChI is InChI=1S/C12H17NO3/c14-12(15)10-5-7-13(9-10)6-1-3-11-4-2-8-16-11/h5,7,9,11H,1-4,6,8H2,(H,14,15). The van der Waals surface area contributed by atoms with E-state index in [1.165, 1.54) is 12.8 Å². The van der Waals surface area contributed by atoms with E-state index < -0.39 is 5.97 Å². The van der Waals surface area contributed by atoms with Crippen molar-refractivity contribution in [2.75, 3.05) is 6.61 Å². The van der Waals surface area contributed by atoms with Crippen LogP contribution in [-0.2, 0) is 11.3 Å². The molecule has 0 amide bonds. The summed E-state index contributed by atoms with van der Waals surface area (Å²) in [5.74, 6) is -0.863. The van der Waals surface area contributed by atoms with Crippen LogP contribution in [0.15, 0.2) is 18.5 Å². The summed E-state index contributed by atoms with van der Waals surface area (Å²) in [5, 5.41) is 8.76. The van der Waals surface area contributed by atoms with Gasteiger partial charge in [-0.05, 0) is 31.7 Å². The van der Waals surface area contributed by atoms with Crippen LogP contribution in [0.2, 0.25) is 0 Å². The molecule has 0 spiro atoms. The lowest BCUT2D eigenvalue weighted by atomic mass is 10.1. The van der Waals surface area contributed by atoms with Gasteiger partial charge in [-0.2, -0.15) is 0 Å². The lowest BCUT2D eigenvalue weighted by Gasteiger charge is -2.08. The Hall–Kier alpha value is -1.29. The minimum Gasteiger partial charge on any atom is -0.478 e. The molecule has 1 aliphatic rings. The average Bonchev–Trinajstić information content (AvgIpc) is 2.87. The third kappa shape index (κ3) is 2.85. The largest absolute Gasteiger partial charge is 0.478 e. The molecule has 0 saturated carbocycles. The van der Waals surface area contributed by atoms with Gasteiger partial charge in [0, 0.05) is 25.5 Å². The first kappa shape index (κ1) is 11.2. The molecule has 1 atom stereocenters. The first-order valence-corrected chi connectivity index (χ1v) is 5.76. The maximum atomic E-state index is 10.7. The summed E-state index contributed by atoms with van der Waals surface area (Å²) in [7, 11) is 0. The Morgan fingerprint density at radius 3 is 3.12 bits per heavy atom. The highest BCUT2D eigenvalue weighted by molar-refractivity contribution is 5.87. The predicted molar refractivity (Wildman–Crippen MR) is 59.6 cm³/mol. The summed E-state index contributed by atoms with van der Waals surface area (Å²) in [6, 6.07) is 1.63. The van der Waals surface area contributed by atoms with Crippen LogP contribution in [0, 0.1) is 0 Å². The molecule has 2 heterocycles. The topological polar surface area (TPSA) is 51.5 Å². The van der Waals surface area contributed by atoms with Gasteiger partial charge in [-0.15, -0.1) is 0 Å². The van der Waals surface area contributed by atoms with Gasteiger partial charge in [0.1, 0.15) is 0 Å². The number of ether oxygens (including phenoxy) is 1. The van der Waals surface area contributed by atoms with E-state index in [9.17, 15) is 4.79 Å². The third-order valence-electron chi connectivity index (χ3n) is 2.96. The quantitative estimate of drug-likeness (QED) is 0.832. The van der Waals surface area contributed by atoms with Gasteiger partial charge in [0.25, 0.3) is 0 Å². The van der Waals surface area contributed by atoms with Crippen molar-refractivity contribution in [2.45, 2.75) is 38.3 Å². The van der Waals surface area contributed by atoms with E-state index in [1.54, 1.807) is 12.3 Å². The summed E-state index contributed by atoms with van der Waals surface area (Å²) < 4.78 is 7.46. The molecule has 0 aliphatic carbocycles. The molecule has 0 aromatic carbocycles. The van der Waals surface area contributed by atoms with Gasteiger partial charge >= 0.3 is 5.97 Å². The second-order valence-electron chi connectivity index (χ2n) is 4.22. The lowest BCUT2D eigenvalue weighted by molar-refractivity contribution is 0.0696. The monoisotopic (exact) mass is 223 g/mol.